The molecule has 2 aromatic heterocycles. The molecule has 0 amide bonds. The third kappa shape index (κ3) is 2.05. The molecule has 4 rings (SSSR count). The highest BCUT2D eigenvalue weighted by Crippen LogP contribution is 2.33. The Bertz CT molecular complexity index is 1170. The van der Waals surface area contributed by atoms with Gasteiger partial charge in [-0.3, -0.25) is 9.59 Å². The van der Waals surface area contributed by atoms with E-state index in [4.69, 9.17) is 14.9 Å². The van der Waals surface area contributed by atoms with Crippen LogP contribution in [-0.2, 0) is 9.53 Å². The van der Waals surface area contributed by atoms with E-state index in [2.05, 4.69) is 0 Å². The summed E-state index contributed by atoms with van der Waals surface area (Å²) in [5, 5.41) is 0.461. The molecule has 2 N–H and O–H groups in total. The number of esters is 1. The Labute approximate surface area is 146 Å². The van der Waals surface area contributed by atoms with Crippen LogP contribution in [0.5, 0.6) is 0 Å². The number of nitrogens with two attached hydrogens (primary N) is 1. The number of rotatable bonds is 3. The molecule has 0 saturated carbocycles. The molecule has 8 nitrogen and oxygen atoms in total. The van der Waals surface area contributed by atoms with Crippen molar-refractivity contribution in [3.05, 3.63) is 74.7 Å². The van der Waals surface area contributed by atoms with E-state index in [1.165, 1.54) is 6.26 Å². The number of carbonyl (C=O) groups is 1. The maximum atomic E-state index is 13.1. The standard InChI is InChI=1S/C18H15N3O5/c1-2-25-18(24)13-14(12-8-5-9-26-12)20-16(22)10-6-3-4-7-11(10)17(23)21(20)15(13)19/h3-9,14H,2,19H2,1H3. The lowest BCUT2D eigenvalue weighted by Crippen LogP contribution is -2.38. The molecule has 1 aromatic carbocycles. The highest BCUT2D eigenvalue weighted by molar-refractivity contribution is 5.97. The fourth-order valence-electron chi connectivity index (χ4n) is 3.25. The molecule has 0 bridgehead atoms. The molecule has 3 heterocycles. The fraction of sp³-hybridized carbons (Fsp3) is 0.167. The highest BCUT2D eigenvalue weighted by Gasteiger charge is 2.40. The minimum absolute atomic E-state index is 0.00342. The second-order valence-corrected chi connectivity index (χ2v) is 5.75. The Kier molecular flexibility index (Phi) is 3.54. The molecule has 1 aliphatic rings. The van der Waals surface area contributed by atoms with Gasteiger partial charge < -0.3 is 14.9 Å². The van der Waals surface area contributed by atoms with Crippen LogP contribution in [0.25, 0.3) is 16.6 Å². The Morgan fingerprint density at radius 3 is 2.46 bits per heavy atom. The maximum Gasteiger partial charge on any atom is 0.340 e. The molecule has 132 valence electrons. The first-order chi connectivity index (χ1) is 12.6. The lowest BCUT2D eigenvalue weighted by atomic mass is 10.1. The van der Waals surface area contributed by atoms with E-state index >= 15 is 0 Å². The van der Waals surface area contributed by atoms with E-state index in [0.717, 1.165) is 9.36 Å². The number of hydrogen-bond acceptors (Lipinski definition) is 6. The summed E-state index contributed by atoms with van der Waals surface area (Å²) in [4.78, 5) is 38.5. The van der Waals surface area contributed by atoms with Gasteiger partial charge in [0.2, 0.25) is 0 Å². The van der Waals surface area contributed by atoms with Crippen LogP contribution >= 0.6 is 0 Å². The van der Waals surface area contributed by atoms with Crippen molar-refractivity contribution >= 4 is 22.6 Å². The number of furan rings is 1. The van der Waals surface area contributed by atoms with Gasteiger partial charge in [0, 0.05) is 0 Å². The van der Waals surface area contributed by atoms with Crippen molar-refractivity contribution in [2.45, 2.75) is 13.0 Å². The van der Waals surface area contributed by atoms with Gasteiger partial charge in [-0.15, -0.1) is 0 Å². The van der Waals surface area contributed by atoms with Gasteiger partial charge in [0.15, 0.2) is 0 Å². The number of hydrogen-bond donors (Lipinski definition) is 1. The first kappa shape index (κ1) is 15.9. The molecular formula is C18H15N3O5. The monoisotopic (exact) mass is 353 g/mol. The average Bonchev–Trinajstić information content (AvgIpc) is 3.26. The van der Waals surface area contributed by atoms with Gasteiger partial charge in [-0.25, -0.2) is 9.48 Å². The van der Waals surface area contributed by atoms with E-state index in [1.54, 1.807) is 43.3 Å². The number of aromatic nitrogens is 2. The predicted molar refractivity (Wildman–Crippen MR) is 93.4 cm³/mol. The average molecular weight is 353 g/mol. The quantitative estimate of drug-likeness (QED) is 0.705. The SMILES string of the molecule is CCOC(=O)C1=C(N)n2c(=O)c3ccccc3c(=O)n2C1c1ccco1. The second-order valence-electron chi connectivity index (χ2n) is 5.75. The Hall–Kier alpha value is -3.55. The van der Waals surface area contributed by atoms with Crippen molar-refractivity contribution in [3.63, 3.8) is 0 Å². The number of ether oxygens (including phenoxy) is 1. The van der Waals surface area contributed by atoms with Gasteiger partial charge in [0.1, 0.15) is 23.2 Å². The third-order valence-electron chi connectivity index (χ3n) is 4.33. The summed E-state index contributed by atoms with van der Waals surface area (Å²) in [7, 11) is 0. The molecule has 1 aliphatic heterocycles. The van der Waals surface area contributed by atoms with Gasteiger partial charge in [-0.1, -0.05) is 12.1 Å². The Balaban J connectivity index is 2.12. The van der Waals surface area contributed by atoms with E-state index in [1.807, 2.05) is 0 Å². The summed E-state index contributed by atoms with van der Waals surface area (Å²) in [5.41, 5.74) is 5.17. The number of benzene rings is 1. The van der Waals surface area contributed by atoms with Crippen molar-refractivity contribution in [1.82, 2.24) is 9.36 Å². The van der Waals surface area contributed by atoms with Gasteiger partial charge in [-0.2, -0.15) is 4.68 Å². The van der Waals surface area contributed by atoms with Gasteiger partial charge in [-0.05, 0) is 31.2 Å². The van der Waals surface area contributed by atoms with E-state index in [0.29, 0.717) is 5.76 Å². The molecule has 8 heteroatoms. The zero-order valence-corrected chi connectivity index (χ0v) is 13.8. The molecule has 3 aromatic rings. The fourth-order valence-corrected chi connectivity index (χ4v) is 3.25. The summed E-state index contributed by atoms with van der Waals surface area (Å²) < 4.78 is 12.7. The second kappa shape index (κ2) is 5.76. The van der Waals surface area contributed by atoms with Crippen LogP contribution in [-0.4, -0.2) is 21.9 Å². The smallest absolute Gasteiger partial charge is 0.340 e. The number of nitrogens with zero attached hydrogens (tertiary/aromatic N) is 2. The summed E-state index contributed by atoms with van der Waals surface area (Å²) in [6, 6.07) is 8.69. The summed E-state index contributed by atoms with van der Waals surface area (Å²) >= 11 is 0. The largest absolute Gasteiger partial charge is 0.467 e. The summed E-state index contributed by atoms with van der Waals surface area (Å²) in [6.45, 7) is 1.79. The van der Waals surface area contributed by atoms with Crippen LogP contribution < -0.4 is 16.9 Å². The zero-order chi connectivity index (χ0) is 18.4. The molecule has 26 heavy (non-hydrogen) atoms. The Morgan fingerprint density at radius 2 is 1.85 bits per heavy atom. The van der Waals surface area contributed by atoms with Crippen LogP contribution in [0.4, 0.5) is 0 Å². The first-order valence-corrected chi connectivity index (χ1v) is 8.03. The summed E-state index contributed by atoms with van der Waals surface area (Å²) in [6.07, 6.45) is 1.42. The molecule has 0 radical (unpaired) electrons. The van der Waals surface area contributed by atoms with Crippen LogP contribution in [0.2, 0.25) is 0 Å². The molecule has 1 atom stereocenters. The topological polar surface area (TPSA) is 109 Å². The van der Waals surface area contributed by atoms with E-state index in [9.17, 15) is 14.4 Å². The molecular weight excluding hydrogens is 338 g/mol. The first-order valence-electron chi connectivity index (χ1n) is 8.03. The number of carbonyl (C=O) groups excluding carboxylic acids is 1. The highest BCUT2D eigenvalue weighted by atomic mass is 16.5. The molecule has 0 spiro atoms. The molecule has 1 unspecified atom stereocenters. The van der Waals surface area contributed by atoms with E-state index < -0.39 is 23.1 Å². The minimum Gasteiger partial charge on any atom is -0.467 e. The van der Waals surface area contributed by atoms with Gasteiger partial charge >= 0.3 is 5.97 Å². The van der Waals surface area contributed by atoms with Crippen LogP contribution in [0.15, 0.2) is 62.2 Å². The Morgan fingerprint density at radius 1 is 1.15 bits per heavy atom. The van der Waals surface area contributed by atoms with Gasteiger partial charge in [0.05, 0.1) is 23.6 Å². The van der Waals surface area contributed by atoms with Crippen molar-refractivity contribution in [3.8, 4) is 0 Å². The van der Waals surface area contributed by atoms with Crippen molar-refractivity contribution < 1.29 is 13.9 Å². The van der Waals surface area contributed by atoms with Crippen molar-refractivity contribution in [1.29, 1.82) is 0 Å². The van der Waals surface area contributed by atoms with Crippen molar-refractivity contribution in [2.24, 2.45) is 5.73 Å². The van der Waals surface area contributed by atoms with Crippen LogP contribution in [0, 0.1) is 0 Å². The van der Waals surface area contributed by atoms with E-state index in [-0.39, 0.29) is 28.8 Å². The van der Waals surface area contributed by atoms with Gasteiger partial charge in [0.25, 0.3) is 11.1 Å². The van der Waals surface area contributed by atoms with Crippen molar-refractivity contribution in [2.75, 3.05) is 6.61 Å². The molecule has 0 fully saturated rings. The minimum atomic E-state index is -0.978. The number of fused-ring (bicyclic) bond motifs is 2. The maximum absolute atomic E-state index is 13.1. The predicted octanol–water partition coefficient (Wildman–Crippen LogP) is 1.05. The third-order valence-corrected chi connectivity index (χ3v) is 4.33. The summed E-state index contributed by atoms with van der Waals surface area (Å²) in [5.74, 6) is -0.540. The lowest BCUT2D eigenvalue weighted by Gasteiger charge is -2.15. The normalized spacial score (nSPS) is 16.1. The lowest BCUT2D eigenvalue weighted by molar-refractivity contribution is -0.138. The van der Waals surface area contributed by atoms with Crippen LogP contribution in [0.3, 0.4) is 0 Å². The molecule has 0 saturated heterocycles. The van der Waals surface area contributed by atoms with Crippen LogP contribution in [0.1, 0.15) is 18.7 Å². The zero-order valence-electron chi connectivity index (χ0n) is 13.8. The molecule has 0 aliphatic carbocycles.